The Balaban J connectivity index is 2.53. The molecule has 0 unspecified atom stereocenters. The highest BCUT2D eigenvalue weighted by Crippen LogP contribution is 2.07. The lowest BCUT2D eigenvalue weighted by atomic mass is 10.1. The fourth-order valence-corrected chi connectivity index (χ4v) is 3.18. The van der Waals surface area contributed by atoms with Crippen molar-refractivity contribution in [3.8, 4) is 0 Å². The van der Waals surface area contributed by atoms with E-state index in [0.717, 1.165) is 0 Å². The number of hydrogen-bond donors (Lipinski definition) is 0. The van der Waals surface area contributed by atoms with E-state index < -0.39 is 15.6 Å². The molecular weight excluding hydrogens is 267 g/mol. The second kappa shape index (κ2) is 6.80. The Morgan fingerprint density at radius 2 is 1.79 bits per heavy atom. The molecule has 0 spiro atoms. The maximum Gasteiger partial charge on any atom is 0.157 e. The number of hydrogen-bond acceptors (Lipinski definition) is 3. The van der Waals surface area contributed by atoms with Gasteiger partial charge in [0.2, 0.25) is 0 Å². The first kappa shape index (κ1) is 15.8. The Bertz CT molecular complexity index is 518. The summed E-state index contributed by atoms with van der Waals surface area (Å²) in [4.78, 5) is 11.7. The zero-order valence-electron chi connectivity index (χ0n) is 11.2. The van der Waals surface area contributed by atoms with E-state index >= 15 is 0 Å². The van der Waals surface area contributed by atoms with Gasteiger partial charge in [-0.05, 0) is 30.0 Å². The molecule has 0 atom stereocenters. The van der Waals surface area contributed by atoms with Gasteiger partial charge >= 0.3 is 0 Å². The van der Waals surface area contributed by atoms with E-state index in [-0.39, 0.29) is 23.8 Å². The van der Waals surface area contributed by atoms with Gasteiger partial charge in [-0.2, -0.15) is 0 Å². The summed E-state index contributed by atoms with van der Waals surface area (Å²) in [5.74, 6) is -0.824. The van der Waals surface area contributed by atoms with Crippen LogP contribution in [0, 0.1) is 11.7 Å². The van der Waals surface area contributed by atoms with Crippen molar-refractivity contribution in [2.24, 2.45) is 5.92 Å². The first-order valence-electron chi connectivity index (χ1n) is 6.25. The van der Waals surface area contributed by atoms with Crippen LogP contribution in [0.5, 0.6) is 0 Å². The molecule has 0 heterocycles. The predicted octanol–water partition coefficient (Wildman–Crippen LogP) is 2.40. The third-order valence-corrected chi connectivity index (χ3v) is 4.32. The molecule has 0 aliphatic heterocycles. The summed E-state index contributed by atoms with van der Waals surface area (Å²) in [5, 5.41) is 0. The smallest absolute Gasteiger partial charge is 0.157 e. The molecule has 1 rings (SSSR count). The van der Waals surface area contributed by atoms with Crippen LogP contribution < -0.4 is 0 Å². The Morgan fingerprint density at radius 1 is 1.21 bits per heavy atom. The lowest BCUT2D eigenvalue weighted by Gasteiger charge is -2.06. The molecule has 0 fully saturated rings. The molecule has 0 saturated heterocycles. The van der Waals surface area contributed by atoms with Crippen LogP contribution >= 0.6 is 0 Å². The van der Waals surface area contributed by atoms with Crippen molar-refractivity contribution in [1.29, 1.82) is 0 Å². The Morgan fingerprint density at radius 3 is 2.32 bits per heavy atom. The molecule has 0 radical (unpaired) electrons. The van der Waals surface area contributed by atoms with Gasteiger partial charge in [0.05, 0.1) is 5.75 Å². The van der Waals surface area contributed by atoms with E-state index in [4.69, 9.17) is 0 Å². The minimum absolute atomic E-state index is 0.0290. The van der Waals surface area contributed by atoms with Crippen LogP contribution in [0.25, 0.3) is 0 Å². The first-order chi connectivity index (χ1) is 8.78. The van der Waals surface area contributed by atoms with Gasteiger partial charge in [0.25, 0.3) is 0 Å². The first-order valence-corrected chi connectivity index (χ1v) is 8.07. The monoisotopic (exact) mass is 286 g/mol. The van der Waals surface area contributed by atoms with Gasteiger partial charge in [-0.25, -0.2) is 12.8 Å². The summed E-state index contributed by atoms with van der Waals surface area (Å²) in [6, 6.07) is 5.51. The summed E-state index contributed by atoms with van der Waals surface area (Å²) in [6.45, 7) is 3.88. The molecule has 3 nitrogen and oxygen atoms in total. The number of carbonyl (C=O) groups excluding carboxylic acids is 1. The number of benzene rings is 1. The zero-order chi connectivity index (χ0) is 14.5. The SMILES string of the molecule is CC(C)CCS(=O)(=O)CC(=O)Cc1ccc(F)cc1. The highest BCUT2D eigenvalue weighted by Gasteiger charge is 2.17. The molecule has 0 bridgehead atoms. The average molecular weight is 286 g/mol. The molecule has 0 aliphatic carbocycles. The largest absolute Gasteiger partial charge is 0.298 e. The van der Waals surface area contributed by atoms with E-state index in [1.54, 1.807) is 0 Å². The lowest BCUT2D eigenvalue weighted by Crippen LogP contribution is -2.21. The number of sulfone groups is 1. The molecule has 1 aromatic rings. The summed E-state index contributed by atoms with van der Waals surface area (Å²) in [5.41, 5.74) is 0.630. The van der Waals surface area contributed by atoms with E-state index in [0.29, 0.717) is 17.9 Å². The van der Waals surface area contributed by atoms with Gasteiger partial charge in [0, 0.05) is 6.42 Å². The molecule has 0 N–H and O–H groups in total. The highest BCUT2D eigenvalue weighted by atomic mass is 32.2. The molecule has 106 valence electrons. The minimum atomic E-state index is -3.33. The number of ketones is 1. The third kappa shape index (κ3) is 6.47. The van der Waals surface area contributed by atoms with Crippen LogP contribution in [0.1, 0.15) is 25.8 Å². The van der Waals surface area contributed by atoms with Crippen molar-refractivity contribution in [3.05, 3.63) is 35.6 Å². The van der Waals surface area contributed by atoms with Gasteiger partial charge in [-0.1, -0.05) is 26.0 Å². The highest BCUT2D eigenvalue weighted by molar-refractivity contribution is 7.92. The fraction of sp³-hybridized carbons (Fsp3) is 0.500. The molecule has 0 aromatic heterocycles. The van der Waals surface area contributed by atoms with Crippen LogP contribution in [-0.2, 0) is 21.1 Å². The van der Waals surface area contributed by atoms with Gasteiger partial charge in [-0.3, -0.25) is 4.79 Å². The minimum Gasteiger partial charge on any atom is -0.298 e. The Labute approximate surface area is 113 Å². The summed E-state index contributed by atoms with van der Waals surface area (Å²) in [7, 11) is -3.33. The molecule has 19 heavy (non-hydrogen) atoms. The number of Topliss-reactive ketones (excluding diaryl/α,β-unsaturated/α-hetero) is 1. The summed E-state index contributed by atoms with van der Waals surface area (Å²) >= 11 is 0. The van der Waals surface area contributed by atoms with Crippen molar-refractivity contribution < 1.29 is 17.6 Å². The summed E-state index contributed by atoms with van der Waals surface area (Å²) in [6.07, 6.45) is 0.591. The van der Waals surface area contributed by atoms with Crippen molar-refractivity contribution in [1.82, 2.24) is 0 Å². The normalized spacial score (nSPS) is 11.8. The zero-order valence-corrected chi connectivity index (χ0v) is 12.0. The quantitative estimate of drug-likeness (QED) is 0.773. The Kier molecular flexibility index (Phi) is 5.66. The van der Waals surface area contributed by atoms with Crippen LogP contribution in [-0.4, -0.2) is 25.7 Å². The third-order valence-electron chi connectivity index (χ3n) is 2.70. The van der Waals surface area contributed by atoms with Crippen LogP contribution in [0.4, 0.5) is 4.39 Å². The second-order valence-electron chi connectivity index (χ2n) is 5.12. The van der Waals surface area contributed by atoms with Crippen molar-refractivity contribution in [2.75, 3.05) is 11.5 Å². The lowest BCUT2D eigenvalue weighted by molar-refractivity contribution is -0.116. The van der Waals surface area contributed by atoms with E-state index in [9.17, 15) is 17.6 Å². The molecule has 1 aromatic carbocycles. The standard InChI is InChI=1S/C14H19FO3S/c1-11(2)7-8-19(17,18)10-14(16)9-12-3-5-13(15)6-4-12/h3-6,11H,7-10H2,1-2H3. The molecule has 0 aliphatic rings. The van der Waals surface area contributed by atoms with Gasteiger partial charge in [-0.15, -0.1) is 0 Å². The van der Waals surface area contributed by atoms with Gasteiger partial charge in [0.1, 0.15) is 11.6 Å². The average Bonchev–Trinajstić information content (AvgIpc) is 2.29. The predicted molar refractivity (Wildman–Crippen MR) is 73.2 cm³/mol. The van der Waals surface area contributed by atoms with Crippen LogP contribution in [0.15, 0.2) is 24.3 Å². The Hall–Kier alpha value is -1.23. The number of carbonyl (C=O) groups is 1. The van der Waals surface area contributed by atoms with E-state index in [2.05, 4.69) is 0 Å². The van der Waals surface area contributed by atoms with E-state index in [1.807, 2.05) is 13.8 Å². The molecule has 0 amide bonds. The summed E-state index contributed by atoms with van der Waals surface area (Å²) < 4.78 is 36.1. The number of rotatable bonds is 7. The van der Waals surface area contributed by atoms with Crippen molar-refractivity contribution in [3.63, 3.8) is 0 Å². The maximum absolute atomic E-state index is 12.7. The second-order valence-corrected chi connectivity index (χ2v) is 7.30. The molecular formula is C14H19FO3S. The maximum atomic E-state index is 12.7. The van der Waals surface area contributed by atoms with Crippen molar-refractivity contribution >= 4 is 15.6 Å². The molecule has 5 heteroatoms. The van der Waals surface area contributed by atoms with Crippen LogP contribution in [0.2, 0.25) is 0 Å². The fourth-order valence-electron chi connectivity index (χ4n) is 1.61. The van der Waals surface area contributed by atoms with Crippen LogP contribution in [0.3, 0.4) is 0 Å². The van der Waals surface area contributed by atoms with Crippen molar-refractivity contribution in [2.45, 2.75) is 26.7 Å². The number of halogens is 1. The molecule has 0 saturated carbocycles. The topological polar surface area (TPSA) is 51.2 Å². The van der Waals surface area contributed by atoms with Gasteiger partial charge in [0.15, 0.2) is 15.6 Å². The van der Waals surface area contributed by atoms with Gasteiger partial charge < -0.3 is 0 Å². The van der Waals surface area contributed by atoms with E-state index in [1.165, 1.54) is 24.3 Å².